The number of likely N-dealkylation sites (tertiary alicyclic amines) is 1. The van der Waals surface area contributed by atoms with Crippen LogP contribution < -0.4 is 33.2 Å². The Hall–Kier alpha value is -2.77. The third kappa shape index (κ3) is 11.1. The lowest BCUT2D eigenvalue weighted by atomic mass is 9.96. The zero-order valence-corrected chi connectivity index (χ0v) is 23.6. The van der Waals surface area contributed by atoms with Crippen LogP contribution in [0.5, 0.6) is 0 Å². The van der Waals surface area contributed by atoms with Gasteiger partial charge in [-0.3, -0.25) is 24.0 Å². The highest BCUT2D eigenvalue weighted by Crippen LogP contribution is 2.22. The van der Waals surface area contributed by atoms with E-state index in [0.717, 1.165) is 6.42 Å². The molecule has 0 spiro atoms. The van der Waals surface area contributed by atoms with Gasteiger partial charge in [-0.15, -0.1) is 0 Å². The summed E-state index contributed by atoms with van der Waals surface area (Å²) in [7, 11) is 0. The Balaban J connectivity index is 3.00. The normalized spacial score (nSPS) is 18.9. The summed E-state index contributed by atoms with van der Waals surface area (Å²) in [5.41, 5.74) is 17.1. The summed E-state index contributed by atoms with van der Waals surface area (Å²) in [5, 5.41) is 17.1. The molecule has 1 rings (SSSR count). The van der Waals surface area contributed by atoms with E-state index in [1.54, 1.807) is 0 Å². The number of carbonyl (C=O) groups excluding carboxylic acids is 4. The molecule has 1 heterocycles. The highest BCUT2D eigenvalue weighted by Gasteiger charge is 2.40. The van der Waals surface area contributed by atoms with Crippen LogP contribution >= 0.6 is 0 Å². The lowest BCUT2D eigenvalue weighted by Crippen LogP contribution is -2.59. The minimum atomic E-state index is -1.19. The Labute approximate surface area is 231 Å². The first kappa shape index (κ1) is 34.3. The van der Waals surface area contributed by atoms with Gasteiger partial charge in [0.15, 0.2) is 0 Å². The molecule has 1 aliphatic heterocycles. The standard InChI is InChI=1S/C26H49N7O6/c1-4-16(2)21(32-22(34)18(29)10-5-7-13-27)25(37)33-15-9-12-20(33)24(36)31-19(11-6-8-14-28)23(35)30-17(3)26(38)39/h16-21H,4-15,27-29H2,1-3H3,(H,30,35)(H,31,36)(H,32,34)(H,38,39)/t16-,17-,18-,19-,20-,21-/m0/s1. The summed E-state index contributed by atoms with van der Waals surface area (Å²) in [5.74, 6) is -3.29. The molecule has 0 bridgehead atoms. The van der Waals surface area contributed by atoms with Crippen molar-refractivity contribution in [3.05, 3.63) is 0 Å². The zero-order chi connectivity index (χ0) is 29.5. The van der Waals surface area contributed by atoms with Crippen LogP contribution in [0.3, 0.4) is 0 Å². The second-order valence-electron chi connectivity index (χ2n) is 10.4. The summed E-state index contributed by atoms with van der Waals surface area (Å²) >= 11 is 0. The number of hydrogen-bond acceptors (Lipinski definition) is 8. The van der Waals surface area contributed by atoms with E-state index in [9.17, 15) is 24.0 Å². The second kappa shape index (κ2) is 17.7. The van der Waals surface area contributed by atoms with Crippen LogP contribution in [0.1, 0.15) is 78.6 Å². The van der Waals surface area contributed by atoms with Crippen molar-refractivity contribution in [3.63, 3.8) is 0 Å². The van der Waals surface area contributed by atoms with Gasteiger partial charge in [0.2, 0.25) is 23.6 Å². The maximum absolute atomic E-state index is 13.6. The molecule has 0 unspecified atom stereocenters. The number of hydrogen-bond donors (Lipinski definition) is 7. The molecule has 39 heavy (non-hydrogen) atoms. The third-order valence-corrected chi connectivity index (χ3v) is 7.23. The summed E-state index contributed by atoms with van der Waals surface area (Å²) in [6.45, 7) is 6.36. The Morgan fingerprint density at radius 3 is 2.10 bits per heavy atom. The Kier molecular flexibility index (Phi) is 15.6. The van der Waals surface area contributed by atoms with E-state index in [0.29, 0.717) is 64.6 Å². The number of nitrogens with two attached hydrogens (primary N) is 3. The molecule has 10 N–H and O–H groups in total. The van der Waals surface area contributed by atoms with Crippen molar-refractivity contribution in [2.24, 2.45) is 23.1 Å². The quantitative estimate of drug-likeness (QED) is 0.105. The van der Waals surface area contributed by atoms with Crippen LogP contribution in [-0.4, -0.2) is 89.4 Å². The summed E-state index contributed by atoms with van der Waals surface area (Å²) in [6, 6.07) is -4.54. The molecule has 1 saturated heterocycles. The average Bonchev–Trinajstić information content (AvgIpc) is 3.40. The molecule has 0 saturated carbocycles. The van der Waals surface area contributed by atoms with E-state index < -0.39 is 53.9 Å². The average molecular weight is 556 g/mol. The highest BCUT2D eigenvalue weighted by atomic mass is 16.4. The number of carboxylic acid groups (broad SMARTS) is 1. The minimum Gasteiger partial charge on any atom is -0.480 e. The molecular weight excluding hydrogens is 506 g/mol. The number of nitrogens with one attached hydrogen (secondary N) is 3. The van der Waals surface area contributed by atoms with Gasteiger partial charge in [0.1, 0.15) is 24.2 Å². The number of unbranched alkanes of at least 4 members (excludes halogenated alkanes) is 2. The number of aliphatic carboxylic acids is 1. The van der Waals surface area contributed by atoms with E-state index >= 15 is 0 Å². The number of rotatable bonds is 18. The van der Waals surface area contributed by atoms with Crippen molar-refractivity contribution in [1.29, 1.82) is 0 Å². The molecule has 4 amide bonds. The minimum absolute atomic E-state index is 0.200. The van der Waals surface area contributed by atoms with Crippen LogP contribution in [0.4, 0.5) is 0 Å². The molecule has 0 radical (unpaired) electrons. The third-order valence-electron chi connectivity index (χ3n) is 7.23. The number of carbonyl (C=O) groups is 5. The second-order valence-corrected chi connectivity index (χ2v) is 10.4. The van der Waals surface area contributed by atoms with Crippen molar-refractivity contribution in [1.82, 2.24) is 20.9 Å². The fourth-order valence-corrected chi connectivity index (χ4v) is 4.47. The first-order valence-corrected chi connectivity index (χ1v) is 14.1. The maximum Gasteiger partial charge on any atom is 0.325 e. The van der Waals surface area contributed by atoms with Gasteiger partial charge in [0.05, 0.1) is 6.04 Å². The summed E-state index contributed by atoms with van der Waals surface area (Å²) < 4.78 is 0. The summed E-state index contributed by atoms with van der Waals surface area (Å²) in [6.07, 6.45) is 4.97. The predicted octanol–water partition coefficient (Wildman–Crippen LogP) is -0.832. The molecule has 13 heteroatoms. The molecule has 1 fully saturated rings. The zero-order valence-electron chi connectivity index (χ0n) is 23.6. The van der Waals surface area contributed by atoms with Crippen molar-refractivity contribution < 1.29 is 29.1 Å². The van der Waals surface area contributed by atoms with Crippen LogP contribution in [-0.2, 0) is 24.0 Å². The van der Waals surface area contributed by atoms with Crippen molar-refractivity contribution in [3.8, 4) is 0 Å². The van der Waals surface area contributed by atoms with E-state index in [4.69, 9.17) is 22.3 Å². The highest BCUT2D eigenvalue weighted by molar-refractivity contribution is 5.95. The molecule has 13 nitrogen and oxygen atoms in total. The SMILES string of the molecule is CC[C@H](C)[C@H](NC(=O)[C@@H](N)CCCCN)C(=O)N1CCC[C@H]1C(=O)N[C@@H](CCCCN)C(=O)N[C@@H](C)C(=O)O. The van der Waals surface area contributed by atoms with Gasteiger partial charge >= 0.3 is 5.97 Å². The molecule has 224 valence electrons. The van der Waals surface area contributed by atoms with Gasteiger partial charge in [0.25, 0.3) is 0 Å². The van der Waals surface area contributed by atoms with Gasteiger partial charge in [-0.25, -0.2) is 0 Å². The molecular formula is C26H49N7O6. The van der Waals surface area contributed by atoms with Gasteiger partial charge in [-0.2, -0.15) is 0 Å². The topological polar surface area (TPSA) is 223 Å². The first-order valence-electron chi connectivity index (χ1n) is 14.1. The lowest BCUT2D eigenvalue weighted by Gasteiger charge is -2.32. The monoisotopic (exact) mass is 555 g/mol. The van der Waals surface area contributed by atoms with Crippen molar-refractivity contribution in [2.45, 2.75) is 109 Å². The summed E-state index contributed by atoms with van der Waals surface area (Å²) in [4.78, 5) is 65.2. The van der Waals surface area contributed by atoms with E-state index in [1.807, 2.05) is 13.8 Å². The molecule has 6 atom stereocenters. The van der Waals surface area contributed by atoms with Crippen molar-refractivity contribution >= 4 is 29.6 Å². The van der Waals surface area contributed by atoms with Crippen LogP contribution in [0.25, 0.3) is 0 Å². The molecule has 0 aliphatic carbocycles. The smallest absolute Gasteiger partial charge is 0.325 e. The van der Waals surface area contributed by atoms with Gasteiger partial charge in [0, 0.05) is 6.54 Å². The van der Waals surface area contributed by atoms with Gasteiger partial charge in [-0.05, 0) is 70.9 Å². The Morgan fingerprint density at radius 2 is 1.54 bits per heavy atom. The lowest BCUT2D eigenvalue weighted by molar-refractivity contribution is -0.144. The van der Waals surface area contributed by atoms with E-state index in [1.165, 1.54) is 11.8 Å². The Morgan fingerprint density at radius 1 is 0.923 bits per heavy atom. The van der Waals surface area contributed by atoms with Gasteiger partial charge < -0.3 is 43.2 Å². The maximum atomic E-state index is 13.6. The Bertz CT molecular complexity index is 827. The molecule has 0 aromatic heterocycles. The van der Waals surface area contributed by atoms with E-state index in [2.05, 4.69) is 16.0 Å². The fourth-order valence-electron chi connectivity index (χ4n) is 4.47. The van der Waals surface area contributed by atoms with Crippen LogP contribution in [0.15, 0.2) is 0 Å². The number of amides is 4. The van der Waals surface area contributed by atoms with Gasteiger partial charge in [-0.1, -0.05) is 26.7 Å². The fraction of sp³-hybridized carbons (Fsp3) is 0.808. The molecule has 0 aromatic carbocycles. The van der Waals surface area contributed by atoms with Crippen LogP contribution in [0, 0.1) is 5.92 Å². The molecule has 0 aromatic rings. The number of carboxylic acids is 1. The predicted molar refractivity (Wildman–Crippen MR) is 147 cm³/mol. The largest absolute Gasteiger partial charge is 0.480 e. The van der Waals surface area contributed by atoms with Crippen LogP contribution in [0.2, 0.25) is 0 Å². The molecule has 1 aliphatic rings. The first-order chi connectivity index (χ1) is 18.5. The number of nitrogens with zero attached hydrogens (tertiary/aromatic N) is 1. The van der Waals surface area contributed by atoms with E-state index in [-0.39, 0.29) is 18.2 Å². The van der Waals surface area contributed by atoms with Crippen molar-refractivity contribution in [2.75, 3.05) is 19.6 Å².